The van der Waals surface area contributed by atoms with Gasteiger partial charge in [-0.05, 0) is 24.1 Å². The van der Waals surface area contributed by atoms with Crippen molar-refractivity contribution in [1.29, 1.82) is 0 Å². The molecular weight excluding hydrogens is 224 g/mol. The summed E-state index contributed by atoms with van der Waals surface area (Å²) in [5.74, 6) is 0.189. The smallest absolute Gasteiger partial charge is 0.175 e. The van der Waals surface area contributed by atoms with Gasteiger partial charge in [-0.3, -0.25) is 4.79 Å². The van der Waals surface area contributed by atoms with Crippen molar-refractivity contribution in [2.75, 3.05) is 6.26 Å². The van der Waals surface area contributed by atoms with Crippen molar-refractivity contribution < 1.29 is 13.2 Å². The predicted octanol–water partition coefficient (Wildman–Crippen LogP) is 2.00. The Morgan fingerprint density at radius 1 is 1.19 bits per heavy atom. The molecule has 0 amide bonds. The summed E-state index contributed by atoms with van der Waals surface area (Å²) in [6.45, 7) is 1.96. The third-order valence-corrected chi connectivity index (χ3v) is 3.41. The Morgan fingerprint density at radius 3 is 2.19 bits per heavy atom. The van der Waals surface area contributed by atoms with Crippen LogP contribution in [0.3, 0.4) is 0 Å². The largest absolute Gasteiger partial charge is 0.299 e. The van der Waals surface area contributed by atoms with Crippen molar-refractivity contribution >= 4 is 15.6 Å². The summed E-state index contributed by atoms with van der Waals surface area (Å²) in [6, 6.07) is 6.49. The van der Waals surface area contributed by atoms with Crippen molar-refractivity contribution in [3.63, 3.8) is 0 Å². The first kappa shape index (κ1) is 12.9. The van der Waals surface area contributed by atoms with Gasteiger partial charge >= 0.3 is 0 Å². The fourth-order valence-electron chi connectivity index (χ4n) is 1.45. The highest BCUT2D eigenvalue weighted by Gasteiger charge is 2.07. The fraction of sp³-hybridized carbons (Fsp3) is 0.417. The highest BCUT2D eigenvalue weighted by atomic mass is 32.2. The maximum atomic E-state index is 11.4. The van der Waals surface area contributed by atoms with E-state index in [9.17, 15) is 13.2 Å². The minimum Gasteiger partial charge on any atom is -0.299 e. The van der Waals surface area contributed by atoms with E-state index in [1.54, 1.807) is 24.3 Å². The van der Waals surface area contributed by atoms with E-state index in [-0.39, 0.29) is 5.78 Å². The quantitative estimate of drug-likeness (QED) is 0.791. The number of hydrogen-bond acceptors (Lipinski definition) is 3. The molecule has 3 nitrogen and oxygen atoms in total. The van der Waals surface area contributed by atoms with Gasteiger partial charge in [-0.1, -0.05) is 19.1 Å². The molecular formula is C12H16O3S. The number of Topliss-reactive ketones (excluding diaryl/α,β-unsaturated/α-hetero) is 1. The van der Waals surface area contributed by atoms with Crippen LogP contribution in [0, 0.1) is 0 Å². The molecule has 88 valence electrons. The van der Waals surface area contributed by atoms with E-state index in [0.29, 0.717) is 17.7 Å². The number of carbonyl (C=O) groups is 1. The van der Waals surface area contributed by atoms with Crippen LogP contribution < -0.4 is 0 Å². The van der Waals surface area contributed by atoms with Crippen molar-refractivity contribution in [1.82, 2.24) is 0 Å². The lowest BCUT2D eigenvalue weighted by Crippen LogP contribution is -2.02. The molecule has 0 unspecified atom stereocenters. The molecule has 0 aliphatic heterocycles. The minimum absolute atomic E-state index is 0.189. The van der Waals surface area contributed by atoms with Gasteiger partial charge < -0.3 is 0 Å². The normalized spacial score (nSPS) is 11.4. The number of rotatable bonds is 5. The number of ketones is 1. The predicted molar refractivity (Wildman–Crippen MR) is 63.2 cm³/mol. The molecule has 4 heteroatoms. The summed E-state index contributed by atoms with van der Waals surface area (Å²) in [6.07, 6.45) is 2.98. The first-order valence-electron chi connectivity index (χ1n) is 5.24. The van der Waals surface area contributed by atoms with Crippen molar-refractivity contribution in [3.8, 4) is 0 Å². The summed E-state index contributed by atoms with van der Waals surface area (Å²) in [5, 5.41) is 0. The Labute approximate surface area is 96.4 Å². The Hall–Kier alpha value is -1.16. The van der Waals surface area contributed by atoms with E-state index in [1.807, 2.05) is 6.92 Å². The molecule has 0 atom stereocenters. The monoisotopic (exact) mass is 240 g/mol. The first-order chi connectivity index (χ1) is 7.43. The van der Waals surface area contributed by atoms with Gasteiger partial charge in [0.1, 0.15) is 5.78 Å². The fourth-order valence-corrected chi connectivity index (χ4v) is 2.08. The van der Waals surface area contributed by atoms with E-state index in [4.69, 9.17) is 0 Å². The Balaban J connectivity index is 2.76. The number of hydrogen-bond donors (Lipinski definition) is 0. The second-order valence-electron chi connectivity index (χ2n) is 3.88. The minimum atomic E-state index is -3.14. The van der Waals surface area contributed by atoms with Gasteiger partial charge in [-0.15, -0.1) is 0 Å². The molecule has 16 heavy (non-hydrogen) atoms. The zero-order valence-electron chi connectivity index (χ0n) is 9.56. The lowest BCUT2D eigenvalue weighted by molar-refractivity contribution is -0.118. The Morgan fingerprint density at radius 2 is 1.75 bits per heavy atom. The van der Waals surface area contributed by atoms with Gasteiger partial charge in [0.25, 0.3) is 0 Å². The zero-order valence-corrected chi connectivity index (χ0v) is 10.4. The van der Waals surface area contributed by atoms with E-state index >= 15 is 0 Å². The van der Waals surface area contributed by atoms with Crippen LogP contribution in [0.2, 0.25) is 0 Å². The van der Waals surface area contributed by atoms with Crippen LogP contribution in [-0.4, -0.2) is 20.5 Å². The van der Waals surface area contributed by atoms with Gasteiger partial charge in [-0.2, -0.15) is 0 Å². The molecule has 1 rings (SSSR count). The van der Waals surface area contributed by atoms with Gasteiger partial charge in [0, 0.05) is 19.1 Å². The van der Waals surface area contributed by atoms with Crippen LogP contribution in [0.4, 0.5) is 0 Å². The average molecular weight is 240 g/mol. The van der Waals surface area contributed by atoms with Gasteiger partial charge in [0.2, 0.25) is 0 Å². The number of benzene rings is 1. The van der Waals surface area contributed by atoms with Crippen LogP contribution in [0.15, 0.2) is 29.2 Å². The van der Waals surface area contributed by atoms with Crippen molar-refractivity contribution in [2.24, 2.45) is 0 Å². The molecule has 0 aliphatic carbocycles. The molecule has 0 N–H and O–H groups in total. The van der Waals surface area contributed by atoms with Gasteiger partial charge in [0.05, 0.1) is 4.90 Å². The summed E-state index contributed by atoms with van der Waals surface area (Å²) in [5.41, 5.74) is 0.867. The zero-order chi connectivity index (χ0) is 12.2. The summed E-state index contributed by atoms with van der Waals surface area (Å²) in [7, 11) is -3.14. The van der Waals surface area contributed by atoms with Crippen LogP contribution in [0.5, 0.6) is 0 Å². The van der Waals surface area contributed by atoms with Crippen LogP contribution >= 0.6 is 0 Å². The molecule has 0 saturated heterocycles. The van der Waals surface area contributed by atoms with Gasteiger partial charge in [-0.25, -0.2) is 8.42 Å². The third kappa shape index (κ3) is 3.77. The molecule has 0 heterocycles. The molecule has 1 aromatic rings. The third-order valence-electron chi connectivity index (χ3n) is 2.28. The molecule has 0 bridgehead atoms. The van der Waals surface area contributed by atoms with Crippen LogP contribution in [0.1, 0.15) is 25.3 Å². The summed E-state index contributed by atoms with van der Waals surface area (Å²) >= 11 is 0. The molecule has 0 aromatic heterocycles. The SMILES string of the molecule is CCCC(=O)Cc1ccc(S(C)(=O)=O)cc1. The molecule has 0 fully saturated rings. The van der Waals surface area contributed by atoms with Crippen molar-refractivity contribution in [2.45, 2.75) is 31.1 Å². The molecule has 0 aliphatic rings. The van der Waals surface area contributed by atoms with E-state index in [0.717, 1.165) is 12.0 Å². The topological polar surface area (TPSA) is 51.2 Å². The first-order valence-corrected chi connectivity index (χ1v) is 7.13. The van der Waals surface area contributed by atoms with Crippen molar-refractivity contribution in [3.05, 3.63) is 29.8 Å². The molecule has 1 aromatic carbocycles. The Kier molecular flexibility index (Phi) is 4.24. The second-order valence-corrected chi connectivity index (χ2v) is 5.90. The standard InChI is InChI=1S/C12H16O3S/c1-3-4-11(13)9-10-5-7-12(8-6-10)16(2,14)15/h5-8H,3-4,9H2,1-2H3. The number of sulfone groups is 1. The van der Waals surface area contributed by atoms with E-state index in [1.165, 1.54) is 6.26 Å². The molecule has 0 radical (unpaired) electrons. The molecule has 0 saturated carbocycles. The Bertz CT molecular complexity index is 458. The van der Waals surface area contributed by atoms with Gasteiger partial charge in [0.15, 0.2) is 9.84 Å². The van der Waals surface area contributed by atoms with E-state index in [2.05, 4.69) is 0 Å². The lowest BCUT2D eigenvalue weighted by atomic mass is 10.1. The van der Waals surface area contributed by atoms with Crippen LogP contribution in [0.25, 0.3) is 0 Å². The maximum Gasteiger partial charge on any atom is 0.175 e. The highest BCUT2D eigenvalue weighted by Crippen LogP contribution is 2.11. The van der Waals surface area contributed by atoms with Crippen LogP contribution in [-0.2, 0) is 21.1 Å². The summed E-state index contributed by atoms with van der Waals surface area (Å²) < 4.78 is 22.4. The lowest BCUT2D eigenvalue weighted by Gasteiger charge is -2.02. The average Bonchev–Trinajstić information content (AvgIpc) is 2.17. The maximum absolute atomic E-state index is 11.4. The van der Waals surface area contributed by atoms with E-state index < -0.39 is 9.84 Å². The highest BCUT2D eigenvalue weighted by molar-refractivity contribution is 7.90. The number of carbonyl (C=O) groups excluding carboxylic acids is 1. The second kappa shape index (κ2) is 5.25. The summed E-state index contributed by atoms with van der Waals surface area (Å²) in [4.78, 5) is 11.7. The molecule has 0 spiro atoms.